The van der Waals surface area contributed by atoms with Crippen LogP contribution in [0.25, 0.3) is 10.8 Å². The lowest BCUT2D eigenvalue weighted by atomic mass is 10.1. The lowest BCUT2D eigenvalue weighted by molar-refractivity contribution is 1.33. The van der Waals surface area contributed by atoms with Crippen molar-refractivity contribution in [3.05, 3.63) is 41.7 Å². The summed E-state index contributed by atoms with van der Waals surface area (Å²) in [5.41, 5.74) is 1.80. The quantitative estimate of drug-likeness (QED) is 0.605. The van der Waals surface area contributed by atoms with Gasteiger partial charge in [-0.25, -0.2) is 0 Å². The largest absolute Gasteiger partial charge is 0.263 e. The van der Waals surface area contributed by atoms with E-state index < -0.39 is 0 Å². The van der Waals surface area contributed by atoms with E-state index in [-0.39, 0.29) is 0 Å². The Kier molecular flexibility index (Phi) is 1.71. The van der Waals surface area contributed by atoms with Crippen LogP contribution in [0.4, 0.5) is 0 Å². The van der Waals surface area contributed by atoms with Gasteiger partial charge in [0.1, 0.15) is 6.07 Å². The van der Waals surface area contributed by atoms with E-state index in [4.69, 9.17) is 5.26 Å². The smallest absolute Gasteiger partial charge is 0.101 e. The zero-order chi connectivity index (χ0) is 9.26. The van der Waals surface area contributed by atoms with E-state index in [9.17, 15) is 0 Å². The molecule has 0 aliphatic rings. The Morgan fingerprint density at radius 1 is 1.31 bits per heavy atom. The minimum absolute atomic E-state index is 0.640. The lowest BCUT2D eigenvalue weighted by Gasteiger charge is -1.99. The van der Waals surface area contributed by atoms with Crippen molar-refractivity contribution in [2.45, 2.75) is 6.92 Å². The van der Waals surface area contributed by atoms with Gasteiger partial charge in [-0.1, -0.05) is 17.7 Å². The van der Waals surface area contributed by atoms with Crippen LogP contribution in [0.5, 0.6) is 0 Å². The van der Waals surface area contributed by atoms with Crippen LogP contribution in [0, 0.1) is 18.3 Å². The molecule has 1 aromatic heterocycles. The standard InChI is InChI=1S/C11H8N2/c1-8-2-3-9-6-13-7-10(5-12)11(9)4-8/h2-4,6-7H,1H3. The molecule has 1 heterocycles. The highest BCUT2D eigenvalue weighted by Crippen LogP contribution is 2.17. The third-order valence-corrected chi connectivity index (χ3v) is 2.04. The van der Waals surface area contributed by atoms with Crippen LogP contribution in [0.15, 0.2) is 30.6 Å². The number of rotatable bonds is 0. The van der Waals surface area contributed by atoms with Gasteiger partial charge in [0.15, 0.2) is 0 Å². The molecule has 62 valence electrons. The summed E-state index contributed by atoms with van der Waals surface area (Å²) in [6.45, 7) is 2.01. The number of benzene rings is 1. The summed E-state index contributed by atoms with van der Waals surface area (Å²) in [5, 5.41) is 10.8. The molecule has 0 saturated heterocycles. The van der Waals surface area contributed by atoms with Crippen molar-refractivity contribution in [2.75, 3.05) is 0 Å². The average molecular weight is 168 g/mol. The zero-order valence-electron chi connectivity index (χ0n) is 7.28. The maximum atomic E-state index is 8.84. The van der Waals surface area contributed by atoms with Crippen LogP contribution in [0.2, 0.25) is 0 Å². The van der Waals surface area contributed by atoms with Gasteiger partial charge in [-0.05, 0) is 13.0 Å². The summed E-state index contributed by atoms with van der Waals surface area (Å²) in [6.07, 6.45) is 3.37. The summed E-state index contributed by atoms with van der Waals surface area (Å²) in [5.74, 6) is 0. The number of aromatic nitrogens is 1. The first-order chi connectivity index (χ1) is 6.31. The predicted octanol–water partition coefficient (Wildman–Crippen LogP) is 2.41. The highest BCUT2D eigenvalue weighted by atomic mass is 14.6. The van der Waals surface area contributed by atoms with Crippen molar-refractivity contribution in [2.24, 2.45) is 0 Å². The van der Waals surface area contributed by atoms with Crippen LogP contribution >= 0.6 is 0 Å². The number of nitriles is 1. The Morgan fingerprint density at radius 2 is 2.15 bits per heavy atom. The molecule has 0 radical (unpaired) electrons. The van der Waals surface area contributed by atoms with E-state index in [2.05, 4.69) is 11.1 Å². The normalized spacial score (nSPS) is 9.85. The molecule has 0 saturated carbocycles. The van der Waals surface area contributed by atoms with Gasteiger partial charge in [-0.15, -0.1) is 0 Å². The van der Waals surface area contributed by atoms with E-state index in [0.29, 0.717) is 5.56 Å². The molecule has 0 amide bonds. The Bertz CT molecular complexity index is 495. The first-order valence-electron chi connectivity index (χ1n) is 4.06. The van der Waals surface area contributed by atoms with Crippen LogP contribution in [0.3, 0.4) is 0 Å². The summed E-state index contributed by atoms with van der Waals surface area (Å²) in [6, 6.07) is 8.15. The highest BCUT2D eigenvalue weighted by molar-refractivity contribution is 5.87. The van der Waals surface area contributed by atoms with Crippen LogP contribution in [-0.4, -0.2) is 4.98 Å². The molecule has 1 aromatic carbocycles. The van der Waals surface area contributed by atoms with Crippen molar-refractivity contribution >= 4 is 10.8 Å². The molecule has 2 nitrogen and oxygen atoms in total. The fourth-order valence-electron chi connectivity index (χ4n) is 1.37. The van der Waals surface area contributed by atoms with Gasteiger partial charge in [-0.2, -0.15) is 5.26 Å². The number of fused-ring (bicyclic) bond motifs is 1. The minimum atomic E-state index is 0.640. The number of hydrogen-bond acceptors (Lipinski definition) is 2. The summed E-state index contributed by atoms with van der Waals surface area (Å²) < 4.78 is 0. The van der Waals surface area contributed by atoms with E-state index in [0.717, 1.165) is 16.3 Å². The lowest BCUT2D eigenvalue weighted by Crippen LogP contribution is -1.83. The fourth-order valence-corrected chi connectivity index (χ4v) is 1.37. The maximum Gasteiger partial charge on any atom is 0.101 e. The Hall–Kier alpha value is -1.88. The van der Waals surface area contributed by atoms with Gasteiger partial charge in [0, 0.05) is 23.2 Å². The number of nitrogens with zero attached hydrogens (tertiary/aromatic N) is 2. The average Bonchev–Trinajstić information content (AvgIpc) is 2.17. The zero-order valence-corrected chi connectivity index (χ0v) is 7.28. The van der Waals surface area contributed by atoms with Gasteiger partial charge in [-0.3, -0.25) is 4.98 Å². The van der Waals surface area contributed by atoms with Crippen molar-refractivity contribution in [3.8, 4) is 6.07 Å². The first-order valence-corrected chi connectivity index (χ1v) is 4.06. The molecular formula is C11H8N2. The molecule has 2 aromatic rings. The molecule has 0 N–H and O–H groups in total. The number of aryl methyl sites for hydroxylation is 1. The van der Waals surface area contributed by atoms with Crippen molar-refractivity contribution in [3.63, 3.8) is 0 Å². The topological polar surface area (TPSA) is 36.7 Å². The van der Waals surface area contributed by atoms with E-state index in [1.165, 1.54) is 0 Å². The van der Waals surface area contributed by atoms with Crippen LogP contribution in [0.1, 0.15) is 11.1 Å². The molecule has 13 heavy (non-hydrogen) atoms. The van der Waals surface area contributed by atoms with Gasteiger partial charge in [0.05, 0.1) is 5.56 Å². The van der Waals surface area contributed by atoms with Crippen LogP contribution in [-0.2, 0) is 0 Å². The second kappa shape index (κ2) is 2.87. The molecule has 0 spiro atoms. The third-order valence-electron chi connectivity index (χ3n) is 2.04. The molecule has 0 bridgehead atoms. The van der Waals surface area contributed by atoms with Crippen molar-refractivity contribution in [1.29, 1.82) is 5.26 Å². The molecule has 0 aliphatic heterocycles. The SMILES string of the molecule is Cc1ccc2cncc(C#N)c2c1. The summed E-state index contributed by atoms with van der Waals surface area (Å²) in [4.78, 5) is 3.99. The Labute approximate surface area is 76.5 Å². The van der Waals surface area contributed by atoms with E-state index in [1.54, 1.807) is 12.4 Å². The molecule has 0 fully saturated rings. The second-order valence-electron chi connectivity index (χ2n) is 3.02. The molecular weight excluding hydrogens is 160 g/mol. The number of pyridine rings is 1. The maximum absolute atomic E-state index is 8.84. The van der Waals surface area contributed by atoms with Crippen molar-refractivity contribution < 1.29 is 0 Å². The van der Waals surface area contributed by atoms with Gasteiger partial charge in [0.2, 0.25) is 0 Å². The van der Waals surface area contributed by atoms with E-state index >= 15 is 0 Å². The highest BCUT2D eigenvalue weighted by Gasteiger charge is 1.99. The monoisotopic (exact) mass is 168 g/mol. The van der Waals surface area contributed by atoms with Gasteiger partial charge < -0.3 is 0 Å². The second-order valence-corrected chi connectivity index (χ2v) is 3.02. The fraction of sp³-hybridized carbons (Fsp3) is 0.0909. The molecule has 0 aliphatic carbocycles. The summed E-state index contributed by atoms with van der Waals surface area (Å²) in [7, 11) is 0. The summed E-state index contributed by atoms with van der Waals surface area (Å²) >= 11 is 0. The van der Waals surface area contributed by atoms with Crippen molar-refractivity contribution in [1.82, 2.24) is 4.98 Å². The first kappa shape index (κ1) is 7.75. The minimum Gasteiger partial charge on any atom is -0.263 e. The molecule has 2 rings (SSSR count). The Balaban J connectivity index is 2.89. The van der Waals surface area contributed by atoms with E-state index in [1.807, 2.05) is 25.1 Å². The molecule has 0 unspecified atom stereocenters. The van der Waals surface area contributed by atoms with Gasteiger partial charge >= 0.3 is 0 Å². The van der Waals surface area contributed by atoms with Gasteiger partial charge in [0.25, 0.3) is 0 Å². The Morgan fingerprint density at radius 3 is 2.92 bits per heavy atom. The molecule has 0 atom stereocenters. The predicted molar refractivity (Wildman–Crippen MR) is 51.2 cm³/mol. The van der Waals surface area contributed by atoms with Crippen LogP contribution < -0.4 is 0 Å². The third kappa shape index (κ3) is 1.25. The number of hydrogen-bond donors (Lipinski definition) is 0. The molecule has 2 heteroatoms.